The van der Waals surface area contributed by atoms with Crippen LogP contribution in [-0.4, -0.2) is 43.3 Å². The number of halogens is 2. The van der Waals surface area contributed by atoms with E-state index in [0.717, 1.165) is 0 Å². The van der Waals surface area contributed by atoms with Crippen molar-refractivity contribution in [3.63, 3.8) is 0 Å². The fourth-order valence-corrected chi connectivity index (χ4v) is 3.15. The number of methoxy groups -OCH3 is 2. The van der Waals surface area contributed by atoms with E-state index in [1.165, 1.54) is 26.4 Å². The number of hydrogen-bond donors (Lipinski definition) is 3. The van der Waals surface area contributed by atoms with Gasteiger partial charge < -0.3 is 30.8 Å². The van der Waals surface area contributed by atoms with Gasteiger partial charge in [-0.1, -0.05) is 29.3 Å². The first-order valence-electron chi connectivity index (χ1n) is 8.80. The molecule has 10 heteroatoms. The molecule has 0 spiro atoms. The number of phenolic OH excluding ortho intramolecular Hbond substituents is 1. The largest absolute Gasteiger partial charge is 0.503 e. The lowest BCUT2D eigenvalue weighted by molar-refractivity contribution is -0.142. The topological polar surface area (TPSA) is 134 Å². The number of rotatable bonds is 8. The summed E-state index contributed by atoms with van der Waals surface area (Å²) < 4.78 is 14.9. The lowest BCUT2D eigenvalue weighted by Gasteiger charge is -2.15. The molecule has 0 bridgehead atoms. The van der Waals surface area contributed by atoms with Crippen LogP contribution < -0.4 is 16.2 Å². The predicted octanol–water partition coefficient (Wildman–Crippen LogP) is 2.58. The number of aromatic hydroxyl groups is 1. The van der Waals surface area contributed by atoms with Gasteiger partial charge in [0.2, 0.25) is 0 Å². The van der Waals surface area contributed by atoms with Crippen molar-refractivity contribution in [3.8, 4) is 17.2 Å². The average Bonchev–Trinajstić information content (AvgIpc) is 2.71. The molecule has 0 saturated carbocycles. The predicted molar refractivity (Wildman–Crippen MR) is 112 cm³/mol. The van der Waals surface area contributed by atoms with Gasteiger partial charge in [-0.3, -0.25) is 9.59 Å². The Hall–Kier alpha value is -2.52. The van der Waals surface area contributed by atoms with Crippen LogP contribution in [0.2, 0.25) is 10.0 Å². The summed E-state index contributed by atoms with van der Waals surface area (Å²) in [6.45, 7) is 0. The van der Waals surface area contributed by atoms with Crippen molar-refractivity contribution in [2.45, 2.75) is 24.9 Å². The van der Waals surface area contributed by atoms with Gasteiger partial charge in [-0.25, -0.2) is 0 Å². The monoisotopic (exact) mass is 456 g/mol. The van der Waals surface area contributed by atoms with Crippen molar-refractivity contribution in [1.82, 2.24) is 0 Å². The zero-order valence-electron chi connectivity index (χ0n) is 16.4. The average molecular weight is 457 g/mol. The molecule has 0 unspecified atom stereocenters. The molecule has 0 aliphatic heterocycles. The Balaban J connectivity index is 2.22. The van der Waals surface area contributed by atoms with E-state index in [2.05, 4.69) is 9.47 Å². The van der Waals surface area contributed by atoms with Gasteiger partial charge in [0.05, 0.1) is 24.3 Å². The summed E-state index contributed by atoms with van der Waals surface area (Å²) in [4.78, 5) is 23.0. The molecule has 30 heavy (non-hydrogen) atoms. The molecule has 2 aromatic carbocycles. The van der Waals surface area contributed by atoms with Crippen molar-refractivity contribution in [3.05, 3.63) is 51.5 Å². The van der Waals surface area contributed by atoms with E-state index in [-0.39, 0.29) is 40.1 Å². The van der Waals surface area contributed by atoms with Crippen LogP contribution in [0, 0.1) is 0 Å². The van der Waals surface area contributed by atoms with E-state index < -0.39 is 24.0 Å². The first-order chi connectivity index (χ1) is 14.2. The minimum atomic E-state index is -0.898. The lowest BCUT2D eigenvalue weighted by Crippen LogP contribution is -2.33. The van der Waals surface area contributed by atoms with E-state index in [0.29, 0.717) is 11.1 Å². The Morgan fingerprint density at radius 1 is 0.900 bits per heavy atom. The molecule has 0 saturated heterocycles. The molecule has 2 rings (SSSR count). The molecular formula is C20H22Cl2N2O6. The Kier molecular flexibility index (Phi) is 8.31. The quantitative estimate of drug-likeness (QED) is 0.515. The van der Waals surface area contributed by atoms with Gasteiger partial charge in [-0.15, -0.1) is 0 Å². The van der Waals surface area contributed by atoms with Crippen molar-refractivity contribution in [2.75, 3.05) is 14.2 Å². The van der Waals surface area contributed by atoms with E-state index in [9.17, 15) is 14.7 Å². The van der Waals surface area contributed by atoms with E-state index in [1.807, 2.05) is 0 Å². The molecule has 2 aromatic rings. The number of ether oxygens (including phenoxy) is 3. The fourth-order valence-electron chi connectivity index (χ4n) is 2.67. The molecule has 162 valence electrons. The van der Waals surface area contributed by atoms with Crippen LogP contribution in [0.5, 0.6) is 17.2 Å². The number of carbonyl (C=O) groups excluding carboxylic acids is 2. The molecule has 0 aliphatic carbocycles. The number of phenols is 1. The summed E-state index contributed by atoms with van der Waals surface area (Å²) in [6.07, 6.45) is 0.353. The third-order valence-corrected chi connectivity index (χ3v) is 4.81. The zero-order chi connectivity index (χ0) is 22.4. The number of nitrogens with two attached hydrogens (primary N) is 2. The zero-order valence-corrected chi connectivity index (χ0v) is 17.9. The highest BCUT2D eigenvalue weighted by Gasteiger charge is 2.19. The number of carbonyl (C=O) groups is 2. The maximum absolute atomic E-state index is 11.5. The highest BCUT2D eigenvalue weighted by Crippen LogP contribution is 2.40. The van der Waals surface area contributed by atoms with Crippen LogP contribution in [0.3, 0.4) is 0 Å². The first-order valence-corrected chi connectivity index (χ1v) is 9.56. The number of hydrogen-bond acceptors (Lipinski definition) is 8. The smallest absolute Gasteiger partial charge is 0.322 e. The second kappa shape index (κ2) is 10.5. The van der Waals surface area contributed by atoms with E-state index >= 15 is 0 Å². The van der Waals surface area contributed by atoms with E-state index in [1.54, 1.807) is 18.2 Å². The second-order valence-electron chi connectivity index (χ2n) is 6.46. The van der Waals surface area contributed by atoms with Gasteiger partial charge >= 0.3 is 11.9 Å². The summed E-state index contributed by atoms with van der Waals surface area (Å²) in [5.74, 6) is -1.12. The van der Waals surface area contributed by atoms with Gasteiger partial charge in [-0.2, -0.15) is 0 Å². The molecular weight excluding hydrogens is 435 g/mol. The van der Waals surface area contributed by atoms with Crippen LogP contribution in [0.4, 0.5) is 0 Å². The van der Waals surface area contributed by atoms with Gasteiger partial charge in [0.1, 0.15) is 17.8 Å². The van der Waals surface area contributed by atoms with Crippen LogP contribution >= 0.6 is 23.2 Å². The molecule has 0 fully saturated rings. The van der Waals surface area contributed by atoms with Crippen molar-refractivity contribution in [1.29, 1.82) is 0 Å². The Morgan fingerprint density at radius 3 is 1.97 bits per heavy atom. The molecule has 2 atom stereocenters. The van der Waals surface area contributed by atoms with Crippen molar-refractivity contribution in [2.24, 2.45) is 11.5 Å². The summed E-state index contributed by atoms with van der Waals surface area (Å²) in [5.41, 5.74) is 12.8. The molecule has 0 aromatic heterocycles. The molecule has 0 aliphatic rings. The molecule has 5 N–H and O–H groups in total. The van der Waals surface area contributed by atoms with Crippen LogP contribution in [0.25, 0.3) is 0 Å². The number of esters is 2. The van der Waals surface area contributed by atoms with Crippen molar-refractivity contribution < 1.29 is 28.9 Å². The highest BCUT2D eigenvalue weighted by atomic mass is 35.5. The SMILES string of the molecule is COC(=O)[C@@H](N)Cc1ccc(Oc2cc(C[C@H](N)C(=O)OC)cc(Cl)c2O)c(Cl)c1. The fraction of sp³-hybridized carbons (Fsp3) is 0.300. The molecule has 0 heterocycles. The number of benzene rings is 2. The van der Waals surface area contributed by atoms with E-state index in [4.69, 9.17) is 39.4 Å². The van der Waals surface area contributed by atoms with Gasteiger partial charge in [0, 0.05) is 0 Å². The van der Waals surface area contributed by atoms with Gasteiger partial charge in [-0.05, 0) is 48.2 Å². The summed E-state index contributed by atoms with van der Waals surface area (Å²) in [6, 6.07) is 6.10. The summed E-state index contributed by atoms with van der Waals surface area (Å²) >= 11 is 12.3. The summed E-state index contributed by atoms with van der Waals surface area (Å²) in [7, 11) is 2.50. The minimum Gasteiger partial charge on any atom is -0.503 e. The Morgan fingerprint density at radius 2 is 1.43 bits per heavy atom. The molecule has 0 amide bonds. The second-order valence-corrected chi connectivity index (χ2v) is 7.27. The van der Waals surface area contributed by atoms with Crippen molar-refractivity contribution >= 4 is 35.1 Å². The van der Waals surface area contributed by atoms with Crippen LogP contribution in [0.15, 0.2) is 30.3 Å². The maximum atomic E-state index is 11.5. The third kappa shape index (κ3) is 5.99. The molecule has 0 radical (unpaired) electrons. The Bertz CT molecular complexity index is 938. The Labute approximate surface area is 183 Å². The van der Waals surface area contributed by atoms with Gasteiger partial charge in [0.25, 0.3) is 0 Å². The normalized spacial score (nSPS) is 12.7. The van der Waals surface area contributed by atoms with Crippen LogP contribution in [-0.2, 0) is 31.9 Å². The highest BCUT2D eigenvalue weighted by molar-refractivity contribution is 6.32. The lowest BCUT2D eigenvalue weighted by atomic mass is 10.1. The van der Waals surface area contributed by atoms with Crippen LogP contribution in [0.1, 0.15) is 11.1 Å². The molecule has 8 nitrogen and oxygen atoms in total. The standard InChI is InChI=1S/C20H22Cl2N2O6/c1-28-19(26)14(23)7-10-3-4-16(12(21)5-10)30-17-9-11(6-13(22)18(17)25)8-15(24)20(27)29-2/h3-6,9,14-15,25H,7-8,23-24H2,1-2H3/t14-,15-/m0/s1. The van der Waals surface area contributed by atoms with Gasteiger partial charge in [0.15, 0.2) is 11.5 Å². The summed E-state index contributed by atoms with van der Waals surface area (Å²) in [5, 5.41) is 10.5. The minimum absolute atomic E-state index is 0.0244. The third-order valence-electron chi connectivity index (χ3n) is 4.22. The first kappa shape index (κ1) is 23.8. The maximum Gasteiger partial charge on any atom is 0.322 e.